The molecule has 2 amide bonds. The maximum Gasteiger partial charge on any atom is 0.279 e. The van der Waals surface area contributed by atoms with Gasteiger partial charge in [0.15, 0.2) is 29.7 Å². The highest BCUT2D eigenvalue weighted by molar-refractivity contribution is 6.05. The van der Waals surface area contributed by atoms with Crippen LogP contribution in [0.4, 0.5) is 4.39 Å². The lowest BCUT2D eigenvalue weighted by molar-refractivity contribution is -0.345. The van der Waals surface area contributed by atoms with Crippen LogP contribution in [0.5, 0.6) is 0 Å². The molecule has 0 aromatic heterocycles. The van der Waals surface area contributed by atoms with E-state index in [1.165, 1.54) is 6.07 Å². The zero-order valence-corrected chi connectivity index (χ0v) is 22.6. The number of likely N-dealkylation sites (N-methyl/N-ethyl adjacent to an activating group) is 1. The van der Waals surface area contributed by atoms with E-state index in [2.05, 4.69) is 16.8 Å². The Morgan fingerprint density at radius 2 is 1.83 bits per heavy atom. The number of likely N-dealkylation sites (tertiary alicyclic amines) is 1. The van der Waals surface area contributed by atoms with Crippen LogP contribution in [-0.4, -0.2) is 121 Å². The third kappa shape index (κ3) is 6.53. The average molecular weight is 597 g/mol. The van der Waals surface area contributed by atoms with Crippen LogP contribution in [0.2, 0.25) is 0 Å². The molecule has 0 radical (unpaired) electrons. The summed E-state index contributed by atoms with van der Waals surface area (Å²) in [6.45, 7) is 4.88. The van der Waals surface area contributed by atoms with E-state index in [1.54, 1.807) is 12.1 Å². The van der Waals surface area contributed by atoms with Crippen molar-refractivity contribution in [2.45, 2.75) is 30.7 Å². The predicted molar refractivity (Wildman–Crippen MR) is 140 cm³/mol. The molecule has 15 nitrogen and oxygen atoms in total. The fraction of sp³-hybridized carbons (Fsp3) is 0.423. The molecular formula is C26H33FN4O11. The van der Waals surface area contributed by atoms with E-state index in [1.807, 2.05) is 5.32 Å². The summed E-state index contributed by atoms with van der Waals surface area (Å²) in [6.07, 6.45) is -0.690. The van der Waals surface area contributed by atoms with E-state index in [0.717, 1.165) is 12.6 Å². The molecular weight excluding hydrogens is 563 g/mol. The fourth-order valence-electron chi connectivity index (χ4n) is 4.52. The van der Waals surface area contributed by atoms with E-state index < -0.39 is 76.6 Å². The number of nitrogens with one attached hydrogen (secondary N) is 2. The Labute approximate surface area is 239 Å². The minimum absolute atomic E-state index is 0.111. The molecule has 1 aromatic rings. The lowest BCUT2D eigenvalue weighted by atomic mass is 9.96. The molecule has 0 spiro atoms. The van der Waals surface area contributed by atoms with Gasteiger partial charge in [0.2, 0.25) is 5.91 Å². The van der Waals surface area contributed by atoms with Crippen molar-refractivity contribution in [3.8, 4) is 0 Å². The topological polar surface area (TPSA) is 233 Å². The Kier molecular flexibility index (Phi) is 9.93. The number of hydrogen-bond donors (Lipinski definition) is 9. The molecule has 0 saturated carbocycles. The maximum absolute atomic E-state index is 14.6. The van der Waals surface area contributed by atoms with Crippen LogP contribution < -0.4 is 10.6 Å². The summed E-state index contributed by atoms with van der Waals surface area (Å²) in [4.78, 5) is 39.5. The quantitative estimate of drug-likeness (QED) is 0.0578. The number of carbonyl (C=O) groups is 3. The van der Waals surface area contributed by atoms with Crippen molar-refractivity contribution in [2.24, 2.45) is 0 Å². The molecule has 2 heterocycles. The van der Waals surface area contributed by atoms with Crippen molar-refractivity contribution >= 4 is 18.1 Å². The van der Waals surface area contributed by atoms with Crippen molar-refractivity contribution in [1.82, 2.24) is 20.4 Å². The molecule has 230 valence electrons. The van der Waals surface area contributed by atoms with Crippen molar-refractivity contribution in [3.05, 3.63) is 70.3 Å². The number of amides is 2. The number of halogens is 1. The molecule has 0 bridgehead atoms. The molecule has 1 atom stereocenters. The van der Waals surface area contributed by atoms with E-state index in [-0.39, 0.29) is 12.1 Å². The van der Waals surface area contributed by atoms with Gasteiger partial charge in [-0.1, -0.05) is 12.6 Å². The Hall–Kier alpha value is -4.06. The standard InChI is InChI=1S/C26H33FN4O11/c1-14(33)20(34)19-17(12-31(24(19)37)21(23(36)28-2)26(40,41)25(38,39)13-32)22(35)29-10-16-9-15(3-4-18(16)27)11-30-5-7-42-8-6-30/h3-4,9,13,21,29,33-35,38-41H,1,5-8,10-12H2,2H3,(H,28,36)/b20-19-,22-17-. The molecule has 1 aromatic carbocycles. The van der Waals surface area contributed by atoms with E-state index in [0.29, 0.717) is 37.7 Å². The van der Waals surface area contributed by atoms with Crippen LogP contribution >= 0.6 is 0 Å². The SMILES string of the molecule is C=C(O)/C(O)=C1/C(=O)N(C(C(=O)NC)C(O)(O)C(O)(O)C=O)C/C1=C(/O)NCc1cc(CN2CCOCC2)ccc1F. The number of carbonyl (C=O) groups excluding carboxylic acids is 3. The van der Waals surface area contributed by atoms with Gasteiger partial charge in [0, 0.05) is 44.4 Å². The fourth-order valence-corrected chi connectivity index (χ4v) is 4.52. The van der Waals surface area contributed by atoms with Crippen molar-refractivity contribution in [2.75, 3.05) is 39.9 Å². The maximum atomic E-state index is 14.6. The zero-order chi connectivity index (χ0) is 31.4. The van der Waals surface area contributed by atoms with Crippen LogP contribution in [0.25, 0.3) is 0 Å². The summed E-state index contributed by atoms with van der Waals surface area (Å²) in [5.41, 5.74) is -0.498. The van der Waals surface area contributed by atoms with E-state index in [9.17, 15) is 54.5 Å². The number of aldehydes is 1. The third-order valence-corrected chi connectivity index (χ3v) is 6.86. The average Bonchev–Trinajstić information content (AvgIpc) is 3.28. The Morgan fingerprint density at radius 3 is 2.40 bits per heavy atom. The van der Waals surface area contributed by atoms with Crippen molar-refractivity contribution < 1.29 is 59.3 Å². The first-order valence-electron chi connectivity index (χ1n) is 12.6. The number of benzene rings is 1. The van der Waals surface area contributed by atoms with Gasteiger partial charge in [0.25, 0.3) is 17.5 Å². The third-order valence-electron chi connectivity index (χ3n) is 6.86. The Bertz CT molecular complexity index is 1300. The van der Waals surface area contributed by atoms with E-state index in [4.69, 9.17) is 4.74 Å². The minimum atomic E-state index is -4.01. The number of rotatable bonds is 11. The molecule has 2 aliphatic heterocycles. The molecule has 1 unspecified atom stereocenters. The number of ether oxygens (including phenoxy) is 1. The summed E-state index contributed by atoms with van der Waals surface area (Å²) in [5, 5.41) is 76.1. The molecule has 42 heavy (non-hydrogen) atoms. The van der Waals surface area contributed by atoms with Crippen LogP contribution in [0.15, 0.2) is 53.3 Å². The van der Waals surface area contributed by atoms with Gasteiger partial charge in [-0.3, -0.25) is 19.3 Å². The summed E-state index contributed by atoms with van der Waals surface area (Å²) >= 11 is 0. The summed E-state index contributed by atoms with van der Waals surface area (Å²) < 4.78 is 19.9. The lowest BCUT2D eigenvalue weighted by Crippen LogP contribution is -2.70. The smallest absolute Gasteiger partial charge is 0.279 e. The molecule has 3 rings (SSSR count). The second kappa shape index (κ2) is 12.8. The lowest BCUT2D eigenvalue weighted by Gasteiger charge is -2.40. The second-order valence-corrected chi connectivity index (χ2v) is 9.69. The van der Waals surface area contributed by atoms with Crippen molar-refractivity contribution in [3.63, 3.8) is 0 Å². The van der Waals surface area contributed by atoms with Crippen LogP contribution in [0.1, 0.15) is 11.1 Å². The van der Waals surface area contributed by atoms with Gasteiger partial charge in [-0.05, 0) is 17.7 Å². The van der Waals surface area contributed by atoms with Crippen molar-refractivity contribution in [1.29, 1.82) is 0 Å². The highest BCUT2D eigenvalue weighted by atomic mass is 19.1. The summed E-state index contributed by atoms with van der Waals surface area (Å²) in [5.74, 6) is -14.5. The molecule has 2 fully saturated rings. The van der Waals surface area contributed by atoms with Gasteiger partial charge in [-0.25, -0.2) is 4.39 Å². The molecule has 2 aliphatic rings. The number of aliphatic hydroxyl groups is 7. The Balaban J connectivity index is 1.98. The van der Waals surface area contributed by atoms with Crippen LogP contribution in [0.3, 0.4) is 0 Å². The minimum Gasteiger partial charge on any atom is -0.505 e. The predicted octanol–water partition coefficient (Wildman–Crippen LogP) is -2.08. The number of aliphatic hydroxyl groups excluding tert-OH is 3. The van der Waals surface area contributed by atoms with Gasteiger partial charge in [0.1, 0.15) is 5.82 Å². The summed E-state index contributed by atoms with van der Waals surface area (Å²) in [6, 6.07) is 1.79. The van der Waals surface area contributed by atoms with Gasteiger partial charge < -0.3 is 56.0 Å². The highest BCUT2D eigenvalue weighted by Gasteiger charge is 2.60. The van der Waals surface area contributed by atoms with Gasteiger partial charge >= 0.3 is 0 Å². The number of morpholine rings is 1. The molecule has 0 aliphatic carbocycles. The first-order valence-corrected chi connectivity index (χ1v) is 12.6. The monoisotopic (exact) mass is 596 g/mol. The largest absolute Gasteiger partial charge is 0.505 e. The highest BCUT2D eigenvalue weighted by Crippen LogP contribution is 2.35. The molecule has 9 N–H and O–H groups in total. The van der Waals surface area contributed by atoms with E-state index >= 15 is 0 Å². The number of nitrogens with zero attached hydrogens (tertiary/aromatic N) is 2. The Morgan fingerprint density at radius 1 is 1.19 bits per heavy atom. The molecule has 2 saturated heterocycles. The van der Waals surface area contributed by atoms with Crippen LogP contribution in [0, 0.1) is 5.82 Å². The first kappa shape index (κ1) is 32.5. The normalized spacial score (nSPS) is 19.8. The zero-order valence-electron chi connectivity index (χ0n) is 22.6. The first-order chi connectivity index (χ1) is 19.7. The summed E-state index contributed by atoms with van der Waals surface area (Å²) in [7, 11) is 1.00. The van der Waals surface area contributed by atoms with Gasteiger partial charge in [0.05, 0.1) is 25.3 Å². The van der Waals surface area contributed by atoms with Crippen LogP contribution in [-0.2, 0) is 32.2 Å². The molecule has 16 heteroatoms. The number of hydrogen-bond acceptors (Lipinski definition) is 13. The second-order valence-electron chi connectivity index (χ2n) is 9.69. The van der Waals surface area contributed by atoms with Gasteiger partial charge in [-0.2, -0.15) is 0 Å². The van der Waals surface area contributed by atoms with Gasteiger partial charge in [-0.15, -0.1) is 0 Å².